The average molecular weight is 204 g/mol. The van der Waals surface area contributed by atoms with Gasteiger partial charge in [0.15, 0.2) is 4.77 Å². The van der Waals surface area contributed by atoms with Gasteiger partial charge in [-0.3, -0.25) is 0 Å². The molecule has 8 N–H and O–H groups in total. The number of aliphatic carboxylic acids is 1. The number of H-pyrrole nitrogens is 2. The summed E-state index contributed by atoms with van der Waals surface area (Å²) in [7, 11) is 0. The summed E-state index contributed by atoms with van der Waals surface area (Å²) >= 11 is 4.74. The molecule has 7 heteroatoms. The molecule has 6 nitrogen and oxygen atoms in total. The first kappa shape index (κ1) is 11.8. The van der Waals surface area contributed by atoms with E-state index in [9.17, 15) is 9.90 Å². The molecule has 0 fully saturated rings. The molecule has 1 unspecified atom stereocenters. The van der Waals surface area contributed by atoms with Crippen LogP contribution in [0.1, 0.15) is 5.69 Å². The van der Waals surface area contributed by atoms with Crippen molar-refractivity contribution in [2.45, 2.75) is 12.5 Å². The molecule has 0 bridgehead atoms. The molecule has 1 aromatic rings. The minimum absolute atomic E-state index is 0. The Hall–Kier alpha value is -1.18. The standard InChI is InChI=1S/C6H9N3O2S.H3N/c7-4(5(10)11)1-3-2-8-6(12)9-3;/h2,4H,1,7H2,(H,10,11)(H2,8,9,12);1H3. The van der Waals surface area contributed by atoms with E-state index in [0.717, 1.165) is 0 Å². The molecule has 74 valence electrons. The Labute approximate surface area is 79.7 Å². The minimum Gasteiger partial charge on any atom is -0.548 e. The third-order valence-electron chi connectivity index (χ3n) is 1.39. The van der Waals surface area contributed by atoms with E-state index < -0.39 is 12.0 Å². The van der Waals surface area contributed by atoms with Crippen LogP contribution in [0.4, 0.5) is 0 Å². The van der Waals surface area contributed by atoms with Crippen molar-refractivity contribution in [3.63, 3.8) is 0 Å². The number of nitrogens with one attached hydrogen (secondary N) is 2. The van der Waals surface area contributed by atoms with Crippen molar-refractivity contribution >= 4 is 18.2 Å². The van der Waals surface area contributed by atoms with Gasteiger partial charge in [-0.05, 0) is 12.2 Å². The highest BCUT2D eigenvalue weighted by atomic mass is 32.1. The van der Waals surface area contributed by atoms with Gasteiger partial charge in [-0.15, -0.1) is 0 Å². The lowest BCUT2D eigenvalue weighted by Gasteiger charge is -2.09. The molecule has 1 rings (SSSR count). The number of carboxylic acid groups (broad SMARTS) is 1. The molecular weight excluding hydrogens is 192 g/mol. The van der Waals surface area contributed by atoms with E-state index in [4.69, 9.17) is 18.0 Å². The van der Waals surface area contributed by atoms with Crippen LogP contribution in [0.5, 0.6) is 0 Å². The van der Waals surface area contributed by atoms with E-state index in [-0.39, 0.29) is 12.6 Å². The van der Waals surface area contributed by atoms with Gasteiger partial charge in [0.1, 0.15) is 0 Å². The van der Waals surface area contributed by atoms with E-state index in [1.54, 1.807) is 6.20 Å². The first-order valence-corrected chi connectivity index (χ1v) is 3.73. The van der Waals surface area contributed by atoms with Crippen LogP contribution in [0.25, 0.3) is 0 Å². The first-order chi connectivity index (χ1) is 5.59. The SMILES string of the molecule is NC(Cc1c[nH]c(=S)[nH]1)C(=O)[O-].[NH4+]. The molecule has 0 saturated heterocycles. The van der Waals surface area contributed by atoms with Crippen LogP contribution in [0.15, 0.2) is 6.20 Å². The maximum atomic E-state index is 10.2. The van der Waals surface area contributed by atoms with Crippen LogP contribution < -0.4 is 17.0 Å². The summed E-state index contributed by atoms with van der Waals surface area (Å²) in [6, 6.07) is -0.994. The summed E-state index contributed by atoms with van der Waals surface area (Å²) in [6.45, 7) is 0. The van der Waals surface area contributed by atoms with Gasteiger partial charge in [-0.1, -0.05) is 0 Å². The number of hydrogen-bond acceptors (Lipinski definition) is 4. The van der Waals surface area contributed by atoms with Crippen molar-refractivity contribution in [1.29, 1.82) is 0 Å². The number of carboxylic acids is 1. The number of carbonyl (C=O) groups excluding carboxylic acids is 1. The Morgan fingerprint density at radius 2 is 2.38 bits per heavy atom. The fraction of sp³-hybridized carbons (Fsp3) is 0.333. The second-order valence-corrected chi connectivity index (χ2v) is 2.81. The average Bonchev–Trinajstić information content (AvgIpc) is 2.35. The van der Waals surface area contributed by atoms with E-state index in [1.807, 2.05) is 0 Å². The van der Waals surface area contributed by atoms with Gasteiger partial charge in [-0.25, -0.2) is 0 Å². The van der Waals surface area contributed by atoms with Gasteiger partial charge in [0, 0.05) is 24.4 Å². The van der Waals surface area contributed by atoms with E-state index >= 15 is 0 Å². The first-order valence-electron chi connectivity index (χ1n) is 3.32. The summed E-state index contributed by atoms with van der Waals surface area (Å²) in [5, 5.41) is 10.2. The molecule has 0 saturated carbocycles. The molecular formula is C6H12N4O2S. The largest absolute Gasteiger partial charge is 0.548 e. The molecule has 1 heterocycles. The summed E-state index contributed by atoms with van der Waals surface area (Å²) in [5.41, 5.74) is 5.89. The van der Waals surface area contributed by atoms with E-state index in [0.29, 0.717) is 10.5 Å². The molecule has 0 radical (unpaired) electrons. The van der Waals surface area contributed by atoms with Crippen LogP contribution in [0, 0.1) is 4.77 Å². The van der Waals surface area contributed by atoms with Crippen LogP contribution >= 0.6 is 12.2 Å². The van der Waals surface area contributed by atoms with Crippen LogP contribution in [-0.4, -0.2) is 22.0 Å². The molecule has 1 atom stereocenters. The molecule has 0 spiro atoms. The number of carbonyl (C=O) groups is 1. The van der Waals surface area contributed by atoms with Crippen molar-refractivity contribution < 1.29 is 9.90 Å². The number of quaternary nitrogens is 1. The third kappa shape index (κ3) is 3.36. The van der Waals surface area contributed by atoms with Gasteiger partial charge in [-0.2, -0.15) is 0 Å². The van der Waals surface area contributed by atoms with Gasteiger partial charge in [0.2, 0.25) is 0 Å². The number of hydrogen-bond donors (Lipinski definition) is 4. The fourth-order valence-electron chi connectivity index (χ4n) is 0.801. The zero-order chi connectivity index (χ0) is 9.14. The Morgan fingerprint density at radius 3 is 2.77 bits per heavy atom. The van der Waals surface area contributed by atoms with Gasteiger partial charge in [0.25, 0.3) is 0 Å². The predicted molar refractivity (Wildman–Crippen MR) is 48.6 cm³/mol. The Bertz CT molecular complexity index is 331. The van der Waals surface area contributed by atoms with Crippen LogP contribution in [0.3, 0.4) is 0 Å². The minimum atomic E-state index is -1.27. The number of nitrogens with two attached hydrogens (primary N) is 1. The smallest absolute Gasteiger partial charge is 0.174 e. The number of aromatic nitrogens is 2. The molecule has 13 heavy (non-hydrogen) atoms. The predicted octanol–water partition coefficient (Wildman–Crippen LogP) is -0.932. The molecule has 0 amide bonds. The maximum absolute atomic E-state index is 10.2. The van der Waals surface area contributed by atoms with Crippen molar-refractivity contribution in [3.8, 4) is 0 Å². The second kappa shape index (κ2) is 4.75. The number of aromatic amines is 2. The van der Waals surface area contributed by atoms with Gasteiger partial charge < -0.3 is 31.8 Å². The van der Waals surface area contributed by atoms with Gasteiger partial charge in [0.05, 0.1) is 5.97 Å². The number of rotatable bonds is 3. The Morgan fingerprint density at radius 1 is 1.77 bits per heavy atom. The summed E-state index contributed by atoms with van der Waals surface area (Å²) in [6.07, 6.45) is 1.78. The highest BCUT2D eigenvalue weighted by Crippen LogP contribution is 1.96. The maximum Gasteiger partial charge on any atom is 0.174 e. The van der Waals surface area contributed by atoms with Crippen molar-refractivity contribution in [2.24, 2.45) is 5.73 Å². The van der Waals surface area contributed by atoms with E-state index in [2.05, 4.69) is 9.97 Å². The lowest BCUT2D eigenvalue weighted by Crippen LogP contribution is -2.43. The lowest BCUT2D eigenvalue weighted by atomic mass is 10.2. The van der Waals surface area contributed by atoms with Crippen molar-refractivity contribution in [2.75, 3.05) is 0 Å². The topological polar surface area (TPSA) is 134 Å². The highest BCUT2D eigenvalue weighted by Gasteiger charge is 2.04. The van der Waals surface area contributed by atoms with Crippen molar-refractivity contribution in [1.82, 2.24) is 16.1 Å². The Balaban J connectivity index is 0.00000144. The summed E-state index contributed by atoms with van der Waals surface area (Å²) in [4.78, 5) is 15.7. The normalized spacial score (nSPS) is 11.8. The molecule has 0 aliphatic heterocycles. The molecule has 0 aromatic carbocycles. The highest BCUT2D eigenvalue weighted by molar-refractivity contribution is 7.71. The second-order valence-electron chi connectivity index (χ2n) is 2.40. The van der Waals surface area contributed by atoms with Crippen LogP contribution in [0.2, 0.25) is 0 Å². The number of imidazole rings is 1. The fourth-order valence-corrected chi connectivity index (χ4v) is 0.991. The molecule has 0 aliphatic rings. The Kier molecular flexibility index (Phi) is 4.32. The molecule has 0 aliphatic carbocycles. The lowest BCUT2D eigenvalue weighted by molar-refractivity contribution is -0.307. The summed E-state index contributed by atoms with van der Waals surface area (Å²) < 4.78 is 0.454. The molecule has 1 aromatic heterocycles. The zero-order valence-corrected chi connectivity index (χ0v) is 7.98. The summed E-state index contributed by atoms with van der Waals surface area (Å²) in [5.74, 6) is -1.27. The van der Waals surface area contributed by atoms with Crippen molar-refractivity contribution in [3.05, 3.63) is 16.7 Å². The zero-order valence-electron chi connectivity index (χ0n) is 7.16. The van der Waals surface area contributed by atoms with Gasteiger partial charge >= 0.3 is 0 Å². The quantitative estimate of drug-likeness (QED) is 0.473. The van der Waals surface area contributed by atoms with Crippen LogP contribution in [-0.2, 0) is 11.2 Å². The third-order valence-corrected chi connectivity index (χ3v) is 1.61. The van der Waals surface area contributed by atoms with E-state index in [1.165, 1.54) is 0 Å². The monoisotopic (exact) mass is 204 g/mol.